The van der Waals surface area contributed by atoms with Gasteiger partial charge in [-0.1, -0.05) is 127 Å². The Hall–Kier alpha value is -2.07. The molecule has 3 unspecified atom stereocenters. The van der Waals surface area contributed by atoms with E-state index in [1.807, 2.05) is 0 Å². The van der Waals surface area contributed by atoms with Crippen LogP contribution in [0.4, 0.5) is 0 Å². The fourth-order valence-corrected chi connectivity index (χ4v) is 5.80. The van der Waals surface area contributed by atoms with Gasteiger partial charge in [0.1, 0.15) is 12.1 Å². The van der Waals surface area contributed by atoms with E-state index in [1.54, 1.807) is 0 Å². The minimum absolute atomic E-state index is 0.00434. The number of carboxylic acids is 1. The maximum Gasteiger partial charge on any atom is 0.472 e. The third kappa shape index (κ3) is 36.1. The van der Waals surface area contributed by atoms with E-state index in [4.69, 9.17) is 29.4 Å². The summed E-state index contributed by atoms with van der Waals surface area (Å²) < 4.78 is 33.2. The molecule has 10 nitrogen and oxygen atoms in total. The first-order valence-electron chi connectivity index (χ1n) is 19.7. The molecule has 296 valence electrons. The Bertz CT molecular complexity index is 998. The maximum atomic E-state index is 12.6. The molecule has 0 fully saturated rings. The highest BCUT2D eigenvalue weighted by Crippen LogP contribution is 2.43. The van der Waals surface area contributed by atoms with Gasteiger partial charge in [0.25, 0.3) is 0 Å². The number of rotatable bonds is 37. The van der Waals surface area contributed by atoms with Gasteiger partial charge in [-0.05, 0) is 70.6 Å². The van der Waals surface area contributed by atoms with Crippen molar-refractivity contribution in [2.75, 3.05) is 26.4 Å². The molecule has 3 atom stereocenters. The first-order chi connectivity index (χ1) is 24.7. The summed E-state index contributed by atoms with van der Waals surface area (Å²) in [6.45, 7) is 3.70. The van der Waals surface area contributed by atoms with Crippen LogP contribution >= 0.6 is 7.82 Å². The molecule has 51 heavy (non-hydrogen) atoms. The Labute approximate surface area is 309 Å². The first kappa shape index (κ1) is 48.9. The summed E-state index contributed by atoms with van der Waals surface area (Å²) in [5.41, 5.74) is 5.34. The minimum atomic E-state index is -4.62. The van der Waals surface area contributed by atoms with Crippen LogP contribution < -0.4 is 5.73 Å². The third-order valence-corrected chi connectivity index (χ3v) is 9.04. The second kappa shape index (κ2) is 36.3. The number of carbonyl (C=O) groups excluding carboxylic acids is 1. The molecule has 0 heterocycles. The van der Waals surface area contributed by atoms with Crippen molar-refractivity contribution in [3.05, 3.63) is 48.6 Å². The lowest BCUT2D eigenvalue weighted by Gasteiger charge is -2.20. The quantitative estimate of drug-likeness (QED) is 0.0242. The lowest BCUT2D eigenvalue weighted by atomic mass is 10.1. The molecule has 11 heteroatoms. The van der Waals surface area contributed by atoms with E-state index in [-0.39, 0.29) is 13.0 Å². The van der Waals surface area contributed by atoms with Crippen LogP contribution in [0.2, 0.25) is 0 Å². The van der Waals surface area contributed by atoms with Crippen molar-refractivity contribution in [3.8, 4) is 0 Å². The Morgan fingerprint density at radius 3 is 1.73 bits per heavy atom. The van der Waals surface area contributed by atoms with Gasteiger partial charge in [-0.2, -0.15) is 0 Å². The van der Waals surface area contributed by atoms with Gasteiger partial charge >= 0.3 is 19.8 Å². The van der Waals surface area contributed by atoms with E-state index >= 15 is 0 Å². The van der Waals surface area contributed by atoms with E-state index in [9.17, 15) is 19.0 Å². The zero-order chi connectivity index (χ0) is 37.7. The maximum absolute atomic E-state index is 12.6. The molecule has 0 aromatic rings. The standard InChI is InChI=1S/C40H72NO9P/c1-3-5-7-9-11-13-15-17-19-20-22-24-26-28-30-32-39(42)50-37(35-48-51(45,46)49-36-38(41)40(43)44)34-47-33-31-29-27-25-23-21-18-16-14-12-10-8-6-4-2/h5,7,11,13-14,16-17,19,37-38H,3-4,6,8-10,12,15,18,20-36,41H2,1-2H3,(H,43,44)(H,45,46)/b7-5-,13-11-,16-14-,19-17-. The van der Waals surface area contributed by atoms with Crippen molar-refractivity contribution in [1.82, 2.24) is 0 Å². The molecule has 0 spiro atoms. The van der Waals surface area contributed by atoms with E-state index in [2.05, 4.69) is 62.5 Å². The molecule has 0 aliphatic rings. The predicted octanol–water partition coefficient (Wildman–Crippen LogP) is 10.3. The van der Waals surface area contributed by atoms with Gasteiger partial charge in [0.2, 0.25) is 0 Å². The predicted molar refractivity (Wildman–Crippen MR) is 208 cm³/mol. The lowest BCUT2D eigenvalue weighted by molar-refractivity contribution is -0.154. The minimum Gasteiger partial charge on any atom is -0.480 e. The normalized spacial score (nSPS) is 14.6. The van der Waals surface area contributed by atoms with Crippen LogP contribution in [0.1, 0.15) is 155 Å². The van der Waals surface area contributed by atoms with E-state index in [0.717, 1.165) is 77.0 Å². The summed E-state index contributed by atoms with van der Waals surface area (Å²) in [7, 11) is -4.62. The monoisotopic (exact) mass is 741 g/mol. The number of esters is 1. The molecule has 0 aliphatic heterocycles. The SMILES string of the molecule is CC/C=C\C/C=C\C/C=C\CCCCCCCC(=O)OC(COCCCCCCCC/C=C\CCCCCC)COP(=O)(O)OCC(N)C(=O)O. The zero-order valence-corrected chi connectivity index (χ0v) is 32.8. The second-order valence-corrected chi connectivity index (χ2v) is 14.5. The van der Waals surface area contributed by atoms with Gasteiger partial charge in [0.05, 0.1) is 19.8 Å². The van der Waals surface area contributed by atoms with Gasteiger partial charge in [-0.3, -0.25) is 18.6 Å². The van der Waals surface area contributed by atoms with Crippen molar-refractivity contribution in [1.29, 1.82) is 0 Å². The summed E-state index contributed by atoms with van der Waals surface area (Å²) in [5.74, 6) is -1.80. The molecule has 0 rings (SSSR count). The average Bonchev–Trinajstić information content (AvgIpc) is 3.10. The summed E-state index contributed by atoms with van der Waals surface area (Å²) in [4.78, 5) is 33.4. The number of aliphatic carboxylic acids is 1. The number of carbonyl (C=O) groups is 2. The zero-order valence-electron chi connectivity index (χ0n) is 31.9. The molecule has 0 saturated carbocycles. The number of ether oxygens (including phenoxy) is 2. The van der Waals surface area contributed by atoms with Crippen LogP contribution in [-0.2, 0) is 32.7 Å². The van der Waals surface area contributed by atoms with Crippen molar-refractivity contribution in [2.24, 2.45) is 5.73 Å². The number of hydrogen-bond acceptors (Lipinski definition) is 8. The fourth-order valence-electron chi connectivity index (χ4n) is 5.02. The Kier molecular flexibility index (Phi) is 34.8. The molecule has 0 saturated heterocycles. The van der Waals surface area contributed by atoms with Gasteiger partial charge in [0.15, 0.2) is 0 Å². The van der Waals surface area contributed by atoms with E-state index in [1.165, 1.54) is 51.4 Å². The van der Waals surface area contributed by atoms with E-state index in [0.29, 0.717) is 13.0 Å². The van der Waals surface area contributed by atoms with Crippen molar-refractivity contribution < 1.29 is 42.7 Å². The highest BCUT2D eigenvalue weighted by atomic mass is 31.2. The van der Waals surface area contributed by atoms with Crippen LogP contribution in [0, 0.1) is 0 Å². The second-order valence-electron chi connectivity index (χ2n) is 13.0. The van der Waals surface area contributed by atoms with Crippen molar-refractivity contribution >= 4 is 19.8 Å². The van der Waals surface area contributed by atoms with Crippen LogP contribution in [0.3, 0.4) is 0 Å². The first-order valence-corrected chi connectivity index (χ1v) is 21.2. The van der Waals surface area contributed by atoms with Gasteiger partial charge in [-0.15, -0.1) is 0 Å². The van der Waals surface area contributed by atoms with Crippen LogP contribution in [-0.4, -0.2) is 60.5 Å². The average molecular weight is 742 g/mol. The highest BCUT2D eigenvalue weighted by molar-refractivity contribution is 7.47. The number of phosphoric acid groups is 1. The van der Waals surface area contributed by atoms with E-state index < -0.39 is 45.1 Å². The smallest absolute Gasteiger partial charge is 0.472 e. The van der Waals surface area contributed by atoms with Crippen molar-refractivity contribution in [2.45, 2.75) is 167 Å². The highest BCUT2D eigenvalue weighted by Gasteiger charge is 2.27. The van der Waals surface area contributed by atoms with Crippen LogP contribution in [0.15, 0.2) is 48.6 Å². The molecule has 0 aliphatic carbocycles. The molecule has 0 amide bonds. The number of phosphoric ester groups is 1. The van der Waals surface area contributed by atoms with Crippen molar-refractivity contribution in [3.63, 3.8) is 0 Å². The molecule has 4 N–H and O–H groups in total. The molecular weight excluding hydrogens is 669 g/mol. The largest absolute Gasteiger partial charge is 0.480 e. The number of hydrogen-bond donors (Lipinski definition) is 3. The number of unbranched alkanes of at least 4 members (excludes halogenated alkanes) is 15. The number of allylic oxidation sites excluding steroid dienone is 8. The summed E-state index contributed by atoms with van der Waals surface area (Å²) in [6, 6.07) is -1.48. The van der Waals surface area contributed by atoms with Crippen LogP contribution in [0.5, 0.6) is 0 Å². The molecule has 0 bridgehead atoms. The van der Waals surface area contributed by atoms with Gasteiger partial charge in [-0.25, -0.2) is 4.57 Å². The Morgan fingerprint density at radius 2 is 1.14 bits per heavy atom. The summed E-state index contributed by atoms with van der Waals surface area (Å²) >= 11 is 0. The topological polar surface area (TPSA) is 155 Å². The molecular formula is C40H72NO9P. The fraction of sp³-hybridized carbons (Fsp3) is 0.750. The van der Waals surface area contributed by atoms with Gasteiger partial charge < -0.3 is 25.2 Å². The number of carboxylic acid groups (broad SMARTS) is 1. The lowest BCUT2D eigenvalue weighted by Crippen LogP contribution is -2.34. The van der Waals surface area contributed by atoms with Gasteiger partial charge in [0, 0.05) is 13.0 Å². The Balaban J connectivity index is 4.34. The Morgan fingerprint density at radius 1 is 0.647 bits per heavy atom. The third-order valence-electron chi connectivity index (χ3n) is 8.09. The summed E-state index contributed by atoms with van der Waals surface area (Å²) in [5, 5.41) is 8.87. The summed E-state index contributed by atoms with van der Waals surface area (Å²) in [6.07, 6.45) is 40.2. The number of nitrogens with two attached hydrogens (primary N) is 1. The van der Waals surface area contributed by atoms with Crippen LogP contribution in [0.25, 0.3) is 0 Å². The molecule has 0 radical (unpaired) electrons. The molecule has 0 aromatic heterocycles. The molecule has 0 aromatic carbocycles.